The standard InChI is InChI=1S/C20H20N2O3/c23-17-12-21(13-17)20(25)18-10-15-8-4-5-9-16(15)11-22(18)19(24)14-6-2-1-3-7-14/h1-9,17-18,23H,10-13H2/t18-/m0/s1. The summed E-state index contributed by atoms with van der Waals surface area (Å²) in [4.78, 5) is 29.2. The van der Waals surface area contributed by atoms with Crippen LogP contribution in [-0.4, -0.2) is 52.0 Å². The van der Waals surface area contributed by atoms with Crippen molar-refractivity contribution in [3.05, 3.63) is 71.3 Å². The van der Waals surface area contributed by atoms with Crippen molar-refractivity contribution in [1.82, 2.24) is 9.80 Å². The van der Waals surface area contributed by atoms with E-state index in [1.807, 2.05) is 42.5 Å². The molecule has 5 nitrogen and oxygen atoms in total. The van der Waals surface area contributed by atoms with E-state index in [1.54, 1.807) is 21.9 Å². The SMILES string of the molecule is O=C([C@@H]1Cc2ccccc2CN1C(=O)c1ccccc1)N1CC(O)C1. The van der Waals surface area contributed by atoms with Gasteiger partial charge in [0, 0.05) is 31.6 Å². The maximum absolute atomic E-state index is 13.0. The van der Waals surface area contributed by atoms with E-state index in [4.69, 9.17) is 0 Å². The Bertz CT molecular complexity index is 800. The Hall–Kier alpha value is -2.66. The van der Waals surface area contributed by atoms with Crippen LogP contribution >= 0.6 is 0 Å². The Morgan fingerprint density at radius 3 is 2.24 bits per heavy atom. The van der Waals surface area contributed by atoms with Crippen LogP contribution in [0.5, 0.6) is 0 Å². The van der Waals surface area contributed by atoms with Gasteiger partial charge in [0.05, 0.1) is 6.10 Å². The molecule has 0 spiro atoms. The summed E-state index contributed by atoms with van der Waals surface area (Å²) >= 11 is 0. The molecule has 2 aliphatic heterocycles. The Kier molecular flexibility index (Phi) is 4.01. The number of nitrogens with zero attached hydrogens (tertiary/aromatic N) is 2. The first-order chi connectivity index (χ1) is 12.1. The van der Waals surface area contributed by atoms with Gasteiger partial charge in [0.1, 0.15) is 6.04 Å². The van der Waals surface area contributed by atoms with E-state index in [2.05, 4.69) is 0 Å². The minimum atomic E-state index is -0.518. The second-order valence-electron chi connectivity index (χ2n) is 6.68. The molecule has 128 valence electrons. The highest BCUT2D eigenvalue weighted by Gasteiger charge is 2.40. The van der Waals surface area contributed by atoms with Crippen LogP contribution in [0.25, 0.3) is 0 Å². The lowest BCUT2D eigenvalue weighted by Gasteiger charge is -2.43. The van der Waals surface area contributed by atoms with Gasteiger partial charge in [0.25, 0.3) is 5.91 Å². The number of hydrogen-bond acceptors (Lipinski definition) is 3. The third-order valence-electron chi connectivity index (χ3n) is 4.99. The van der Waals surface area contributed by atoms with Gasteiger partial charge in [-0.15, -0.1) is 0 Å². The molecule has 1 saturated heterocycles. The van der Waals surface area contributed by atoms with Crippen molar-refractivity contribution >= 4 is 11.8 Å². The number of carbonyl (C=O) groups is 2. The third kappa shape index (κ3) is 2.91. The fraction of sp³-hybridized carbons (Fsp3) is 0.300. The highest BCUT2D eigenvalue weighted by atomic mass is 16.3. The fourth-order valence-corrected chi connectivity index (χ4v) is 3.55. The van der Waals surface area contributed by atoms with Crippen molar-refractivity contribution in [2.45, 2.75) is 25.1 Å². The molecule has 0 saturated carbocycles. The number of aliphatic hydroxyl groups is 1. The molecule has 2 aromatic rings. The number of fused-ring (bicyclic) bond motifs is 1. The number of carbonyl (C=O) groups excluding carboxylic acids is 2. The monoisotopic (exact) mass is 336 g/mol. The summed E-state index contributed by atoms with van der Waals surface area (Å²) in [6.45, 7) is 1.13. The molecule has 2 aromatic carbocycles. The summed E-state index contributed by atoms with van der Waals surface area (Å²) in [5.74, 6) is -0.210. The molecule has 1 N–H and O–H groups in total. The zero-order chi connectivity index (χ0) is 17.4. The number of rotatable bonds is 2. The van der Waals surface area contributed by atoms with Crippen molar-refractivity contribution in [2.24, 2.45) is 0 Å². The second kappa shape index (κ2) is 6.33. The average Bonchev–Trinajstić information content (AvgIpc) is 2.64. The minimum absolute atomic E-state index is 0.0796. The zero-order valence-electron chi connectivity index (χ0n) is 13.8. The van der Waals surface area contributed by atoms with Crippen molar-refractivity contribution in [3.63, 3.8) is 0 Å². The first kappa shape index (κ1) is 15.8. The molecule has 2 aliphatic rings. The molecule has 0 aliphatic carbocycles. The van der Waals surface area contributed by atoms with Crippen molar-refractivity contribution in [2.75, 3.05) is 13.1 Å². The predicted octanol–water partition coefficient (Wildman–Crippen LogP) is 1.46. The fourth-order valence-electron chi connectivity index (χ4n) is 3.55. The average molecular weight is 336 g/mol. The first-order valence-corrected chi connectivity index (χ1v) is 8.53. The van der Waals surface area contributed by atoms with Crippen LogP contribution in [0.4, 0.5) is 0 Å². The summed E-state index contributed by atoms with van der Waals surface area (Å²) < 4.78 is 0. The molecule has 0 unspecified atom stereocenters. The van der Waals surface area contributed by atoms with Crippen molar-refractivity contribution in [1.29, 1.82) is 0 Å². The molecule has 2 amide bonds. The molecule has 0 aromatic heterocycles. The van der Waals surface area contributed by atoms with Crippen LogP contribution in [0, 0.1) is 0 Å². The molecular weight excluding hydrogens is 316 g/mol. The van der Waals surface area contributed by atoms with Gasteiger partial charge in [-0.1, -0.05) is 42.5 Å². The number of aliphatic hydroxyl groups excluding tert-OH is 1. The van der Waals surface area contributed by atoms with E-state index >= 15 is 0 Å². The lowest BCUT2D eigenvalue weighted by Crippen LogP contribution is -2.61. The normalized spacial score (nSPS) is 20.0. The Balaban J connectivity index is 1.66. The summed E-state index contributed by atoms with van der Waals surface area (Å²) in [5.41, 5.74) is 2.78. The largest absolute Gasteiger partial charge is 0.389 e. The van der Waals surface area contributed by atoms with Crippen LogP contribution < -0.4 is 0 Å². The Morgan fingerprint density at radius 2 is 1.56 bits per heavy atom. The van der Waals surface area contributed by atoms with Crippen LogP contribution in [-0.2, 0) is 17.8 Å². The van der Waals surface area contributed by atoms with Gasteiger partial charge >= 0.3 is 0 Å². The lowest BCUT2D eigenvalue weighted by atomic mass is 9.91. The van der Waals surface area contributed by atoms with E-state index < -0.39 is 12.1 Å². The molecule has 25 heavy (non-hydrogen) atoms. The van der Waals surface area contributed by atoms with E-state index in [0.29, 0.717) is 31.6 Å². The number of β-amino-alcohol motifs (C(OH)–C–C–N with tert-alkyl or cyclic N) is 1. The molecule has 4 rings (SSSR count). The Morgan fingerprint density at radius 1 is 0.920 bits per heavy atom. The maximum Gasteiger partial charge on any atom is 0.254 e. The van der Waals surface area contributed by atoms with Crippen LogP contribution in [0.15, 0.2) is 54.6 Å². The molecular formula is C20H20N2O3. The van der Waals surface area contributed by atoms with E-state index in [-0.39, 0.29) is 11.8 Å². The summed E-state index contributed by atoms with van der Waals surface area (Å²) in [6.07, 6.45) is 0.0679. The summed E-state index contributed by atoms with van der Waals surface area (Å²) in [7, 11) is 0. The molecule has 1 fully saturated rings. The van der Waals surface area contributed by atoms with Gasteiger partial charge in [-0.05, 0) is 23.3 Å². The highest BCUT2D eigenvalue weighted by Crippen LogP contribution is 2.27. The zero-order valence-corrected chi connectivity index (χ0v) is 13.8. The summed E-state index contributed by atoms with van der Waals surface area (Å²) in [6, 6.07) is 16.5. The minimum Gasteiger partial charge on any atom is -0.389 e. The number of amides is 2. The van der Waals surface area contributed by atoms with Gasteiger partial charge in [-0.25, -0.2) is 0 Å². The number of hydrogen-bond donors (Lipinski definition) is 1. The number of benzene rings is 2. The molecule has 2 heterocycles. The third-order valence-corrected chi connectivity index (χ3v) is 4.99. The molecule has 1 atom stereocenters. The van der Waals surface area contributed by atoms with E-state index in [9.17, 15) is 14.7 Å². The molecule has 0 radical (unpaired) electrons. The quantitative estimate of drug-likeness (QED) is 0.903. The van der Waals surface area contributed by atoms with Crippen molar-refractivity contribution in [3.8, 4) is 0 Å². The van der Waals surface area contributed by atoms with Gasteiger partial charge in [0.15, 0.2) is 0 Å². The molecule has 5 heteroatoms. The topological polar surface area (TPSA) is 60.9 Å². The predicted molar refractivity (Wildman–Crippen MR) is 92.8 cm³/mol. The Labute approximate surface area is 146 Å². The summed E-state index contributed by atoms with van der Waals surface area (Å²) in [5, 5.41) is 9.50. The maximum atomic E-state index is 13.0. The van der Waals surface area contributed by atoms with Gasteiger partial charge in [0.2, 0.25) is 5.91 Å². The van der Waals surface area contributed by atoms with Crippen LogP contribution in [0.1, 0.15) is 21.5 Å². The first-order valence-electron chi connectivity index (χ1n) is 8.53. The molecule has 0 bridgehead atoms. The lowest BCUT2D eigenvalue weighted by molar-refractivity contribution is -0.146. The second-order valence-corrected chi connectivity index (χ2v) is 6.68. The van der Waals surface area contributed by atoms with E-state index in [0.717, 1.165) is 11.1 Å². The van der Waals surface area contributed by atoms with Gasteiger partial charge in [-0.3, -0.25) is 9.59 Å². The van der Waals surface area contributed by atoms with Gasteiger partial charge in [-0.2, -0.15) is 0 Å². The number of likely N-dealkylation sites (tertiary alicyclic amines) is 1. The van der Waals surface area contributed by atoms with Crippen LogP contribution in [0.3, 0.4) is 0 Å². The van der Waals surface area contributed by atoms with Gasteiger partial charge < -0.3 is 14.9 Å². The van der Waals surface area contributed by atoms with Crippen molar-refractivity contribution < 1.29 is 14.7 Å². The van der Waals surface area contributed by atoms with Crippen LogP contribution in [0.2, 0.25) is 0 Å². The smallest absolute Gasteiger partial charge is 0.254 e. The van der Waals surface area contributed by atoms with E-state index in [1.165, 1.54) is 0 Å². The highest BCUT2D eigenvalue weighted by molar-refractivity contribution is 5.98.